The Balaban J connectivity index is 1.16. The summed E-state index contributed by atoms with van der Waals surface area (Å²) in [5.74, 6) is -0.609. The van der Waals surface area contributed by atoms with Gasteiger partial charge in [-0.25, -0.2) is 13.8 Å². The number of hydrogen-bond acceptors (Lipinski definition) is 13. The van der Waals surface area contributed by atoms with E-state index < -0.39 is 16.9 Å². The number of pyridine rings is 1. The molecule has 0 amide bonds. The van der Waals surface area contributed by atoms with E-state index in [2.05, 4.69) is 22.0 Å². The summed E-state index contributed by atoms with van der Waals surface area (Å²) in [6.07, 6.45) is 3.66. The Hall–Kier alpha value is -3.92. The lowest BCUT2D eigenvalue weighted by atomic mass is 9.88. The molecule has 4 fully saturated rings. The Morgan fingerprint density at radius 1 is 1.15 bits per heavy atom. The minimum absolute atomic E-state index is 0.0690. The zero-order valence-corrected chi connectivity index (χ0v) is 28.4. The van der Waals surface area contributed by atoms with Crippen molar-refractivity contribution in [1.29, 1.82) is 10.5 Å². The number of ether oxygens (including phenoxy) is 1. The topological polar surface area (TPSA) is 157 Å². The molecule has 0 aromatic carbocycles. The first-order valence-electron chi connectivity index (χ1n) is 16.2. The highest BCUT2D eigenvalue weighted by molar-refractivity contribution is 8.00. The number of anilines is 4. The van der Waals surface area contributed by atoms with Crippen LogP contribution in [0.2, 0.25) is 0 Å². The molecular weight excluding hydrogens is 655 g/mol. The maximum Gasteiger partial charge on any atom is 0.320 e. The zero-order valence-electron chi connectivity index (χ0n) is 26.8. The maximum absolute atomic E-state index is 14.5. The van der Waals surface area contributed by atoms with Crippen molar-refractivity contribution in [2.24, 2.45) is 5.41 Å². The number of hydrogen-bond donors (Lipinski definition) is 2. The van der Waals surface area contributed by atoms with E-state index in [1.165, 1.54) is 11.3 Å². The van der Waals surface area contributed by atoms with Crippen LogP contribution in [0.1, 0.15) is 72.7 Å². The average Bonchev–Trinajstić information content (AvgIpc) is 3.52. The first-order chi connectivity index (χ1) is 23.0. The van der Waals surface area contributed by atoms with Crippen molar-refractivity contribution in [3.63, 3.8) is 0 Å². The molecule has 0 bridgehead atoms. The van der Waals surface area contributed by atoms with Crippen LogP contribution < -0.4 is 26.0 Å². The summed E-state index contributed by atoms with van der Waals surface area (Å²) in [6, 6.07) is 8.24. The van der Waals surface area contributed by atoms with Gasteiger partial charge < -0.3 is 26.0 Å². The van der Waals surface area contributed by atoms with Gasteiger partial charge in [0.25, 0.3) is 5.92 Å². The van der Waals surface area contributed by atoms with Gasteiger partial charge in [-0.2, -0.15) is 20.5 Å². The van der Waals surface area contributed by atoms with Gasteiger partial charge in [-0.1, -0.05) is 6.07 Å². The van der Waals surface area contributed by atoms with Crippen molar-refractivity contribution in [2.45, 2.75) is 67.5 Å². The number of nitrogens with zero attached hydrogens (tertiary/aromatic N) is 8. The molecule has 7 heterocycles. The summed E-state index contributed by atoms with van der Waals surface area (Å²) in [7, 11) is 0. The van der Waals surface area contributed by atoms with E-state index in [1.807, 2.05) is 35.8 Å². The Kier molecular flexibility index (Phi) is 7.05. The number of fused-ring (bicyclic) bond motifs is 3. The highest BCUT2D eigenvalue weighted by Crippen LogP contribution is 2.69. The number of nitrogen functional groups attached to an aromatic ring is 2. The van der Waals surface area contributed by atoms with Gasteiger partial charge >= 0.3 is 6.01 Å². The van der Waals surface area contributed by atoms with E-state index in [0.29, 0.717) is 66.2 Å². The number of thioether (sulfide) groups is 1. The first-order valence-corrected chi connectivity index (χ1v) is 18.0. The highest BCUT2D eigenvalue weighted by atomic mass is 32.2. The molecule has 48 heavy (non-hydrogen) atoms. The number of halogens is 2. The molecule has 15 heteroatoms. The van der Waals surface area contributed by atoms with Crippen LogP contribution in [0.3, 0.4) is 0 Å². The Morgan fingerprint density at radius 2 is 1.92 bits per heavy atom. The van der Waals surface area contributed by atoms with Crippen molar-refractivity contribution in [2.75, 3.05) is 60.6 Å². The second-order valence-corrected chi connectivity index (χ2v) is 16.3. The van der Waals surface area contributed by atoms with Gasteiger partial charge in [-0.15, -0.1) is 23.1 Å². The smallest absolute Gasteiger partial charge is 0.320 e. The highest BCUT2D eigenvalue weighted by Gasteiger charge is 2.77. The molecule has 2 spiro atoms. The molecule has 0 unspecified atom stereocenters. The van der Waals surface area contributed by atoms with Crippen LogP contribution in [0.15, 0.2) is 18.3 Å². The third-order valence-electron chi connectivity index (χ3n) is 11.2. The van der Waals surface area contributed by atoms with E-state index in [9.17, 15) is 19.3 Å². The van der Waals surface area contributed by atoms with E-state index in [1.54, 1.807) is 18.0 Å². The van der Waals surface area contributed by atoms with Crippen LogP contribution in [0, 0.1) is 28.1 Å². The van der Waals surface area contributed by atoms with Crippen LogP contribution in [0.25, 0.3) is 0 Å². The number of nitrogens with two attached hydrogens (primary N) is 2. The number of rotatable bonds is 8. The lowest BCUT2D eigenvalue weighted by Gasteiger charge is -2.49. The standard InChI is InChI=1S/C33H36F2N10OS2/c1-3-45(19(2)20-6-4-8-40-25(20)38)28-22(11-37)27(43-16-32(17-43)24-21(10-36)26(39)48-23(24)12-47-32)41-29(42-28)46-18-31-7-5-9-44(31)15-30(13-31)14-33(30,34)35/h4,6,8,19H,3,5,7,9,12-18,39H2,1-2H3,(H2,38,40)/t19-,30+,31+/m1/s1. The normalized spacial score (nSPS) is 26.5. The molecule has 0 radical (unpaired) electrons. The van der Waals surface area contributed by atoms with Gasteiger partial charge in [0, 0.05) is 60.6 Å². The lowest BCUT2D eigenvalue weighted by molar-refractivity contribution is 0.0647. The van der Waals surface area contributed by atoms with Crippen molar-refractivity contribution in [1.82, 2.24) is 19.9 Å². The molecule has 5 aliphatic rings. The fourth-order valence-electron chi connectivity index (χ4n) is 8.66. The third-order valence-corrected chi connectivity index (χ3v) is 13.8. The maximum atomic E-state index is 14.5. The number of thiophene rings is 1. The molecule has 3 aromatic rings. The SMILES string of the molecule is CCN(c1nc(OC[C@@]23CCCN2C[C@@]2(CC2(F)F)C3)nc(N2CC3(C2)SCc2sc(N)c(C#N)c23)c1C#N)[C@H](C)c1cccnc1N. The molecule has 1 saturated carbocycles. The van der Waals surface area contributed by atoms with E-state index in [4.69, 9.17) is 26.2 Å². The zero-order chi connectivity index (χ0) is 33.6. The fourth-order valence-corrected chi connectivity index (χ4v) is 11.5. The van der Waals surface area contributed by atoms with E-state index in [-0.39, 0.29) is 29.8 Å². The second-order valence-electron chi connectivity index (χ2n) is 13.8. The molecule has 4 aliphatic heterocycles. The van der Waals surface area contributed by atoms with Crippen molar-refractivity contribution >= 4 is 45.6 Å². The molecule has 250 valence electrons. The first kappa shape index (κ1) is 31.4. The molecule has 3 atom stereocenters. The molecule has 11 nitrogen and oxygen atoms in total. The minimum atomic E-state index is -2.63. The molecule has 3 saturated heterocycles. The predicted octanol–water partition coefficient (Wildman–Crippen LogP) is 5.03. The van der Waals surface area contributed by atoms with Gasteiger partial charge in [-0.3, -0.25) is 4.90 Å². The van der Waals surface area contributed by atoms with Crippen LogP contribution in [0.4, 0.5) is 31.2 Å². The van der Waals surface area contributed by atoms with Crippen LogP contribution in [0.5, 0.6) is 6.01 Å². The van der Waals surface area contributed by atoms with Gasteiger partial charge in [-0.05, 0) is 45.7 Å². The summed E-state index contributed by atoms with van der Waals surface area (Å²) < 4.78 is 35.1. The van der Waals surface area contributed by atoms with Crippen LogP contribution >= 0.6 is 23.1 Å². The fraction of sp³-hybridized carbons (Fsp3) is 0.545. The van der Waals surface area contributed by atoms with Gasteiger partial charge in [0.15, 0.2) is 11.6 Å². The van der Waals surface area contributed by atoms with Crippen molar-refractivity contribution < 1.29 is 13.5 Å². The van der Waals surface area contributed by atoms with Crippen LogP contribution in [-0.4, -0.2) is 70.6 Å². The average molecular weight is 691 g/mol. The number of aromatic nitrogens is 3. The summed E-state index contributed by atoms with van der Waals surface area (Å²) in [6.45, 7) is 6.88. The lowest BCUT2D eigenvalue weighted by Crippen LogP contribution is -2.57. The number of alkyl halides is 2. The van der Waals surface area contributed by atoms with Crippen molar-refractivity contribution in [3.05, 3.63) is 45.5 Å². The monoisotopic (exact) mass is 690 g/mol. The minimum Gasteiger partial charge on any atom is -0.461 e. The summed E-state index contributed by atoms with van der Waals surface area (Å²) >= 11 is 3.26. The van der Waals surface area contributed by atoms with E-state index in [0.717, 1.165) is 41.1 Å². The van der Waals surface area contributed by atoms with Crippen LogP contribution in [-0.2, 0) is 10.5 Å². The van der Waals surface area contributed by atoms with Crippen molar-refractivity contribution in [3.8, 4) is 18.1 Å². The summed E-state index contributed by atoms with van der Waals surface area (Å²) in [4.78, 5) is 21.3. The quantitative estimate of drug-likeness (QED) is 0.325. The largest absolute Gasteiger partial charge is 0.461 e. The van der Waals surface area contributed by atoms with Gasteiger partial charge in [0.2, 0.25) is 0 Å². The molecule has 1 aliphatic carbocycles. The van der Waals surface area contributed by atoms with Gasteiger partial charge in [0.1, 0.15) is 35.1 Å². The Morgan fingerprint density at radius 3 is 2.60 bits per heavy atom. The third kappa shape index (κ3) is 4.47. The Labute approximate surface area is 285 Å². The Bertz CT molecular complexity index is 1900. The number of nitriles is 2. The molecule has 3 aromatic heterocycles. The summed E-state index contributed by atoms with van der Waals surface area (Å²) in [5, 5.41) is 21.1. The molecule has 8 rings (SSSR count). The van der Waals surface area contributed by atoms with E-state index >= 15 is 0 Å². The molecule has 4 N–H and O–H groups in total. The molecular formula is C33H36F2N10OS2. The van der Waals surface area contributed by atoms with Gasteiger partial charge in [0.05, 0.1) is 27.3 Å². The second kappa shape index (κ2) is 10.8. The summed E-state index contributed by atoms with van der Waals surface area (Å²) in [5.41, 5.74) is 13.7. The predicted molar refractivity (Wildman–Crippen MR) is 181 cm³/mol.